The van der Waals surface area contributed by atoms with Gasteiger partial charge in [0.25, 0.3) is 0 Å². The second-order valence-electron chi connectivity index (χ2n) is 17.3. The molecule has 1 aliphatic heterocycles. The van der Waals surface area contributed by atoms with Crippen LogP contribution in [-0.4, -0.2) is 10.6 Å². The van der Waals surface area contributed by atoms with Gasteiger partial charge in [-0.05, 0) is 126 Å². The monoisotopic (exact) mass is 848 g/mol. The lowest BCUT2D eigenvalue weighted by Gasteiger charge is -2.38. The lowest BCUT2D eigenvalue weighted by Crippen LogP contribution is -2.34. The summed E-state index contributed by atoms with van der Waals surface area (Å²) in [5.41, 5.74) is 16.7. The summed E-state index contributed by atoms with van der Waals surface area (Å²) in [6, 6.07) is 75.0. The number of anilines is 6. The van der Waals surface area contributed by atoms with Crippen molar-refractivity contribution in [1.29, 1.82) is 0 Å². The summed E-state index contributed by atoms with van der Waals surface area (Å²) in [4.78, 5) is 7.32. The number of hydrogen-bond acceptors (Lipinski definition) is 3. The van der Waals surface area contributed by atoms with Crippen LogP contribution in [0.2, 0.25) is 0 Å². The molecule has 0 radical (unpaired) electrons. The van der Waals surface area contributed by atoms with Gasteiger partial charge in [0.1, 0.15) is 0 Å². The number of hydrogen-bond donors (Lipinski definition) is 0. The number of rotatable bonds is 9. The third kappa shape index (κ3) is 7.14. The van der Waals surface area contributed by atoms with Gasteiger partial charge in [0.2, 0.25) is 0 Å². The molecular formula is C62H48N4. The standard InChI is InChI=1S/C62H48N4/c1-5-18-48(19-6-1)63(54-26-17-27-55-43-47(42-54)57-28-13-15-30-60(57)65(55)50-22-9-3-10-23-50)52-36-32-45(33-37-52)46-34-38-53(39-35-46)64(49-20-7-2-8-21-49)56-40-41-62-59(44-56)58-29-14-16-31-61(58)66(62)51-24-11-4-12-25-51/h1-18,20-26,28-44,47-48H,19,27H2/b26-17-,54-42-. The van der Waals surface area contributed by atoms with Crippen molar-refractivity contribution < 1.29 is 0 Å². The van der Waals surface area contributed by atoms with Crippen molar-refractivity contribution in [3.8, 4) is 16.8 Å². The Kier molecular flexibility index (Phi) is 10.1. The van der Waals surface area contributed by atoms with E-state index in [-0.39, 0.29) is 12.0 Å². The summed E-state index contributed by atoms with van der Waals surface area (Å²) >= 11 is 0. The van der Waals surface area contributed by atoms with Crippen molar-refractivity contribution in [1.82, 2.24) is 4.57 Å². The molecule has 4 nitrogen and oxygen atoms in total. The zero-order valence-corrected chi connectivity index (χ0v) is 36.6. The second kappa shape index (κ2) is 17.0. The van der Waals surface area contributed by atoms with Gasteiger partial charge < -0.3 is 19.3 Å². The van der Waals surface area contributed by atoms with Crippen molar-refractivity contribution in [3.63, 3.8) is 0 Å². The minimum absolute atomic E-state index is 0.145. The van der Waals surface area contributed by atoms with E-state index in [2.05, 4.69) is 274 Å². The van der Waals surface area contributed by atoms with Crippen molar-refractivity contribution in [2.24, 2.45) is 0 Å². The molecule has 4 heteroatoms. The number of nitrogens with zero attached hydrogens (tertiary/aromatic N) is 4. The van der Waals surface area contributed by atoms with Crippen molar-refractivity contribution in [2.75, 3.05) is 14.7 Å². The highest BCUT2D eigenvalue weighted by Gasteiger charge is 2.29. The lowest BCUT2D eigenvalue weighted by molar-refractivity contribution is 0.756. The molecule has 2 heterocycles. The van der Waals surface area contributed by atoms with Crippen LogP contribution in [0.4, 0.5) is 34.1 Å². The molecular weight excluding hydrogens is 801 g/mol. The average Bonchev–Trinajstić information content (AvgIpc) is 3.71. The zero-order valence-electron chi connectivity index (χ0n) is 36.6. The van der Waals surface area contributed by atoms with Crippen LogP contribution in [0.1, 0.15) is 24.3 Å². The highest BCUT2D eigenvalue weighted by Crippen LogP contribution is 2.45. The smallest absolute Gasteiger partial charge is 0.0559 e. The molecule has 1 aromatic heterocycles. The number of allylic oxidation sites excluding steroid dienone is 6. The van der Waals surface area contributed by atoms with Gasteiger partial charge >= 0.3 is 0 Å². The molecule has 0 fully saturated rings. The fraction of sp³-hybridized carbons (Fsp3) is 0.0645. The molecule has 0 spiro atoms. The fourth-order valence-electron chi connectivity index (χ4n) is 10.3. The molecule has 9 aromatic rings. The Labute approximate surface area is 386 Å². The molecule has 8 aromatic carbocycles. The van der Waals surface area contributed by atoms with Crippen LogP contribution < -0.4 is 14.7 Å². The minimum Gasteiger partial charge on any atom is -0.334 e. The van der Waals surface area contributed by atoms with Crippen LogP contribution in [0.3, 0.4) is 0 Å². The third-order valence-corrected chi connectivity index (χ3v) is 13.3. The predicted molar refractivity (Wildman–Crippen MR) is 278 cm³/mol. The van der Waals surface area contributed by atoms with Gasteiger partial charge in [-0.25, -0.2) is 0 Å². The molecule has 2 atom stereocenters. The Morgan fingerprint density at radius 3 is 1.83 bits per heavy atom. The van der Waals surface area contributed by atoms with Crippen molar-refractivity contribution in [2.45, 2.75) is 24.8 Å². The zero-order chi connectivity index (χ0) is 43.8. The first-order valence-corrected chi connectivity index (χ1v) is 23.1. The topological polar surface area (TPSA) is 14.7 Å². The Bertz CT molecular complexity index is 3360. The van der Waals surface area contributed by atoms with E-state index in [0.717, 1.165) is 35.6 Å². The molecule has 3 aliphatic rings. The number of fused-ring (bicyclic) bond motifs is 6. The van der Waals surface area contributed by atoms with Crippen LogP contribution >= 0.6 is 0 Å². The molecule has 0 saturated carbocycles. The molecule has 66 heavy (non-hydrogen) atoms. The van der Waals surface area contributed by atoms with Gasteiger partial charge in [-0.15, -0.1) is 0 Å². The third-order valence-electron chi connectivity index (χ3n) is 13.3. The molecule has 0 N–H and O–H groups in total. The second-order valence-corrected chi connectivity index (χ2v) is 17.3. The maximum Gasteiger partial charge on any atom is 0.0559 e. The van der Waals surface area contributed by atoms with E-state index in [1.807, 2.05) is 0 Å². The first kappa shape index (κ1) is 39.3. The summed E-state index contributed by atoms with van der Waals surface area (Å²) in [6.45, 7) is 0. The van der Waals surface area contributed by atoms with Gasteiger partial charge in [-0.3, -0.25) is 0 Å². The number of para-hydroxylation sites is 5. The Morgan fingerprint density at radius 2 is 1.09 bits per heavy atom. The van der Waals surface area contributed by atoms with Crippen molar-refractivity contribution in [3.05, 3.63) is 272 Å². The average molecular weight is 849 g/mol. The van der Waals surface area contributed by atoms with E-state index >= 15 is 0 Å². The Hall–Kier alpha value is -8.34. The van der Waals surface area contributed by atoms with Crippen molar-refractivity contribution >= 4 is 55.9 Å². The highest BCUT2D eigenvalue weighted by atomic mass is 15.2. The first-order chi connectivity index (χ1) is 32.7. The molecule has 2 bridgehead atoms. The number of benzene rings is 8. The van der Waals surface area contributed by atoms with Gasteiger partial charge in [0.05, 0.1) is 17.1 Å². The summed E-state index contributed by atoms with van der Waals surface area (Å²) in [5.74, 6) is 0.145. The first-order valence-electron chi connectivity index (χ1n) is 23.1. The summed E-state index contributed by atoms with van der Waals surface area (Å²) < 4.78 is 2.37. The lowest BCUT2D eigenvalue weighted by atomic mass is 9.88. The van der Waals surface area contributed by atoms with Crippen LogP contribution in [0, 0.1) is 0 Å². The van der Waals surface area contributed by atoms with Crippen LogP contribution in [0.25, 0.3) is 38.6 Å². The fourth-order valence-corrected chi connectivity index (χ4v) is 10.3. The molecule has 2 aliphatic carbocycles. The Balaban J connectivity index is 0.876. The Morgan fingerprint density at radius 1 is 0.470 bits per heavy atom. The summed E-state index contributed by atoms with van der Waals surface area (Å²) in [6.07, 6.45) is 20.4. The maximum atomic E-state index is 2.53. The van der Waals surface area contributed by atoms with Crippen LogP contribution in [0.5, 0.6) is 0 Å². The van der Waals surface area contributed by atoms with Crippen LogP contribution in [0.15, 0.2) is 266 Å². The molecule has 0 amide bonds. The minimum atomic E-state index is 0.145. The SMILES string of the molecule is C1=CCC(N(C2=C\C3C=C(C/C=C\2)N(c2ccccc2)c2ccccc23)c2ccc(-c3ccc(N(c4ccccc4)c4ccc5c(c4)c4ccccc4n5-c4ccccc4)cc3)cc2)C=C1. The van der Waals surface area contributed by atoms with Gasteiger partial charge in [-0.2, -0.15) is 0 Å². The molecule has 2 unspecified atom stereocenters. The largest absolute Gasteiger partial charge is 0.334 e. The molecule has 0 saturated heterocycles. The van der Waals surface area contributed by atoms with E-state index < -0.39 is 0 Å². The summed E-state index contributed by atoms with van der Waals surface area (Å²) in [5, 5.41) is 2.46. The van der Waals surface area contributed by atoms with E-state index in [4.69, 9.17) is 0 Å². The van der Waals surface area contributed by atoms with E-state index in [9.17, 15) is 0 Å². The van der Waals surface area contributed by atoms with Gasteiger partial charge in [-0.1, -0.05) is 152 Å². The number of aromatic nitrogens is 1. The van der Waals surface area contributed by atoms with E-state index in [1.165, 1.54) is 67.0 Å². The quantitative estimate of drug-likeness (QED) is 0.144. The van der Waals surface area contributed by atoms with Gasteiger partial charge in [0, 0.05) is 74.3 Å². The van der Waals surface area contributed by atoms with Crippen LogP contribution in [-0.2, 0) is 0 Å². The summed E-state index contributed by atoms with van der Waals surface area (Å²) in [7, 11) is 0. The predicted octanol–water partition coefficient (Wildman–Crippen LogP) is 16.3. The normalized spacial score (nSPS) is 17.6. The molecule has 316 valence electrons. The van der Waals surface area contributed by atoms with E-state index in [1.54, 1.807) is 0 Å². The highest BCUT2D eigenvalue weighted by molar-refractivity contribution is 6.10. The maximum absolute atomic E-state index is 2.53. The van der Waals surface area contributed by atoms with E-state index in [0.29, 0.717) is 0 Å². The molecule has 12 rings (SSSR count). The van der Waals surface area contributed by atoms with Gasteiger partial charge in [0.15, 0.2) is 0 Å².